The average molecular weight is 654 g/mol. The van der Waals surface area contributed by atoms with Gasteiger partial charge in [0.05, 0.1) is 25.7 Å². The van der Waals surface area contributed by atoms with E-state index in [0.29, 0.717) is 17.4 Å². The van der Waals surface area contributed by atoms with E-state index in [1.165, 1.54) is 0 Å². The van der Waals surface area contributed by atoms with Crippen LogP contribution in [0.5, 0.6) is 0 Å². The highest BCUT2D eigenvalue weighted by Crippen LogP contribution is 2.33. The van der Waals surface area contributed by atoms with Crippen molar-refractivity contribution in [3.8, 4) is 0 Å². The van der Waals surface area contributed by atoms with Crippen molar-refractivity contribution in [1.29, 1.82) is 0 Å². The van der Waals surface area contributed by atoms with Crippen LogP contribution in [0, 0.1) is 22.5 Å². The minimum Gasteiger partial charge on any atom is -0.456 e. The van der Waals surface area contributed by atoms with E-state index in [4.69, 9.17) is 4.74 Å². The average Bonchev–Trinajstić information content (AvgIpc) is 2.41. The number of benzene rings is 1. The van der Waals surface area contributed by atoms with Gasteiger partial charge in [0.2, 0.25) is 0 Å². The fraction of sp³-hybridized carbons (Fsp3) is 0.588. The van der Waals surface area contributed by atoms with Gasteiger partial charge in [-0.2, -0.15) is 0 Å². The Balaban J connectivity index is 2.19. The largest absolute Gasteiger partial charge is 0.456 e. The Morgan fingerprint density at radius 1 is 1.30 bits per heavy atom. The maximum absolute atomic E-state index is 12.8. The Labute approximate surface area is 179 Å². The second-order valence-electron chi connectivity index (χ2n) is 7.03. The highest BCUT2D eigenvalue weighted by Gasteiger charge is 2.41. The number of esters is 1. The van der Waals surface area contributed by atoms with Gasteiger partial charge in [-0.3, -0.25) is 0 Å². The van der Waals surface area contributed by atoms with E-state index in [-0.39, 0.29) is 5.97 Å². The summed E-state index contributed by atoms with van der Waals surface area (Å²) in [7, 11) is 2.24. The SMILES string of the molecule is CC1C[NH+](C)CCC1C(C)(C)OC(=O)c1cc(I)cc(I)c1I. The standard InChI is InChI=1S/C17H22I3NO2/c1-10-9-21(4)6-5-13(10)17(2,3)23-16(22)12-7-11(18)8-14(19)15(12)20/h7-8,10,13H,5-6,9H2,1-4H3/p+1. The molecule has 0 saturated carbocycles. The maximum atomic E-state index is 12.8. The minimum atomic E-state index is -0.438. The first-order valence-electron chi connectivity index (χ1n) is 7.81. The fourth-order valence-corrected chi connectivity index (χ4v) is 5.96. The molecule has 23 heavy (non-hydrogen) atoms. The molecule has 6 heteroatoms. The fourth-order valence-electron chi connectivity index (χ4n) is 3.59. The first-order chi connectivity index (χ1) is 10.6. The van der Waals surface area contributed by atoms with Gasteiger partial charge in [-0.15, -0.1) is 0 Å². The molecule has 1 aliphatic rings. The molecular weight excluding hydrogens is 631 g/mol. The van der Waals surface area contributed by atoms with Crippen LogP contribution in [-0.4, -0.2) is 31.7 Å². The number of hydrogen-bond acceptors (Lipinski definition) is 2. The lowest BCUT2D eigenvalue weighted by atomic mass is 9.76. The molecule has 0 amide bonds. The zero-order valence-corrected chi connectivity index (χ0v) is 20.4. The molecule has 0 aliphatic carbocycles. The molecular formula is C17H23I3NO2+. The Kier molecular flexibility index (Phi) is 7.03. The number of carbonyl (C=O) groups excluding carboxylic acids is 1. The van der Waals surface area contributed by atoms with E-state index in [1.807, 2.05) is 6.07 Å². The van der Waals surface area contributed by atoms with E-state index < -0.39 is 5.60 Å². The molecule has 1 heterocycles. The van der Waals surface area contributed by atoms with Gasteiger partial charge in [0.1, 0.15) is 5.60 Å². The first-order valence-corrected chi connectivity index (χ1v) is 11.0. The molecule has 1 aliphatic heterocycles. The van der Waals surface area contributed by atoms with Gasteiger partial charge in [0.25, 0.3) is 0 Å². The monoisotopic (exact) mass is 654 g/mol. The summed E-state index contributed by atoms with van der Waals surface area (Å²) in [6, 6.07) is 4.00. The van der Waals surface area contributed by atoms with E-state index in [0.717, 1.165) is 30.2 Å². The Morgan fingerprint density at radius 3 is 2.57 bits per heavy atom. The van der Waals surface area contributed by atoms with Crippen LogP contribution in [0.2, 0.25) is 0 Å². The quantitative estimate of drug-likeness (QED) is 0.307. The van der Waals surface area contributed by atoms with Crippen molar-refractivity contribution in [2.75, 3.05) is 20.1 Å². The zero-order valence-electron chi connectivity index (χ0n) is 13.9. The third-order valence-electron chi connectivity index (χ3n) is 4.70. The minimum absolute atomic E-state index is 0.200. The number of ether oxygens (including phenoxy) is 1. The van der Waals surface area contributed by atoms with Gasteiger partial charge in [-0.05, 0) is 93.8 Å². The third-order valence-corrected chi connectivity index (χ3v) is 8.37. The normalized spacial score (nSPS) is 25.3. The van der Waals surface area contributed by atoms with Crippen molar-refractivity contribution in [1.82, 2.24) is 0 Å². The highest BCUT2D eigenvalue weighted by atomic mass is 127. The lowest BCUT2D eigenvalue weighted by Gasteiger charge is -2.41. The molecule has 1 N–H and O–H groups in total. The molecule has 0 aromatic heterocycles. The van der Waals surface area contributed by atoms with Crippen LogP contribution in [0.4, 0.5) is 0 Å². The lowest BCUT2D eigenvalue weighted by molar-refractivity contribution is -0.890. The van der Waals surface area contributed by atoms with Crippen LogP contribution >= 0.6 is 67.8 Å². The molecule has 1 saturated heterocycles. The van der Waals surface area contributed by atoms with Crippen molar-refractivity contribution < 1.29 is 14.4 Å². The molecule has 0 bridgehead atoms. The highest BCUT2D eigenvalue weighted by molar-refractivity contribution is 14.1. The number of hydrogen-bond donors (Lipinski definition) is 1. The molecule has 3 atom stereocenters. The van der Waals surface area contributed by atoms with E-state index in [9.17, 15) is 4.79 Å². The van der Waals surface area contributed by atoms with E-state index >= 15 is 0 Å². The van der Waals surface area contributed by atoms with Gasteiger partial charge in [0.15, 0.2) is 0 Å². The van der Waals surface area contributed by atoms with Crippen LogP contribution in [0.1, 0.15) is 37.6 Å². The number of quaternary nitrogens is 1. The molecule has 2 rings (SSSR count). The first kappa shape index (κ1) is 20.2. The molecule has 3 nitrogen and oxygen atoms in total. The molecule has 0 radical (unpaired) electrons. The number of rotatable bonds is 3. The summed E-state index contributed by atoms with van der Waals surface area (Å²) in [6.45, 7) is 8.71. The van der Waals surface area contributed by atoms with Gasteiger partial charge in [0, 0.05) is 29.0 Å². The molecule has 1 aromatic rings. The second-order valence-corrected chi connectivity index (χ2v) is 10.5. The van der Waals surface area contributed by atoms with Gasteiger partial charge >= 0.3 is 5.97 Å². The summed E-state index contributed by atoms with van der Waals surface area (Å²) in [5.74, 6) is 0.769. The summed E-state index contributed by atoms with van der Waals surface area (Å²) in [5, 5.41) is 0. The van der Waals surface area contributed by atoms with Crippen molar-refractivity contribution in [3.05, 3.63) is 28.4 Å². The number of carbonyl (C=O) groups is 1. The molecule has 3 unspecified atom stereocenters. The van der Waals surface area contributed by atoms with Crippen molar-refractivity contribution in [2.24, 2.45) is 11.8 Å². The van der Waals surface area contributed by atoms with Crippen LogP contribution in [0.25, 0.3) is 0 Å². The number of nitrogens with one attached hydrogen (secondary N) is 1. The summed E-state index contributed by atoms with van der Waals surface area (Å²) in [5.41, 5.74) is 0.244. The van der Waals surface area contributed by atoms with E-state index in [1.54, 1.807) is 4.90 Å². The van der Waals surface area contributed by atoms with Crippen molar-refractivity contribution in [3.63, 3.8) is 0 Å². The van der Waals surface area contributed by atoms with Gasteiger partial charge in [-0.25, -0.2) is 4.79 Å². The summed E-state index contributed by atoms with van der Waals surface area (Å²) in [6.07, 6.45) is 1.11. The Bertz CT molecular complexity index is 604. The number of piperidine rings is 1. The predicted molar refractivity (Wildman–Crippen MR) is 118 cm³/mol. The predicted octanol–water partition coefficient (Wildman–Crippen LogP) is 3.61. The molecule has 0 spiro atoms. The Hall–Kier alpha value is 0.840. The van der Waals surface area contributed by atoms with Crippen molar-refractivity contribution in [2.45, 2.75) is 32.8 Å². The Morgan fingerprint density at radius 2 is 1.96 bits per heavy atom. The summed E-state index contributed by atoms with van der Waals surface area (Å²) in [4.78, 5) is 14.3. The topological polar surface area (TPSA) is 30.7 Å². The van der Waals surface area contributed by atoms with Crippen LogP contribution in [-0.2, 0) is 4.74 Å². The van der Waals surface area contributed by atoms with Crippen LogP contribution < -0.4 is 4.90 Å². The number of likely N-dealkylation sites (tertiary alicyclic amines) is 1. The van der Waals surface area contributed by atoms with E-state index in [2.05, 4.69) is 102 Å². The zero-order chi connectivity index (χ0) is 17.4. The third kappa shape index (κ3) is 4.93. The lowest BCUT2D eigenvalue weighted by Crippen LogP contribution is -3.11. The van der Waals surface area contributed by atoms with Crippen molar-refractivity contribution >= 4 is 73.7 Å². The van der Waals surface area contributed by atoms with Gasteiger partial charge < -0.3 is 9.64 Å². The molecule has 128 valence electrons. The maximum Gasteiger partial charge on any atom is 0.339 e. The van der Waals surface area contributed by atoms with Crippen LogP contribution in [0.15, 0.2) is 12.1 Å². The van der Waals surface area contributed by atoms with Crippen LogP contribution in [0.3, 0.4) is 0 Å². The molecule has 1 fully saturated rings. The molecule has 1 aromatic carbocycles. The number of halogens is 3. The van der Waals surface area contributed by atoms with Gasteiger partial charge in [-0.1, -0.05) is 6.92 Å². The summed E-state index contributed by atoms with van der Waals surface area (Å²) < 4.78 is 9.13. The summed E-state index contributed by atoms with van der Waals surface area (Å²) >= 11 is 6.76. The second kappa shape index (κ2) is 8.03. The smallest absolute Gasteiger partial charge is 0.339 e.